The number of nitrogens with one attached hydrogen (secondary N) is 1. The molecule has 0 aliphatic heterocycles. The summed E-state index contributed by atoms with van der Waals surface area (Å²) in [6, 6.07) is 13.9. The minimum absolute atomic E-state index is 0.0889. The van der Waals surface area contributed by atoms with E-state index in [2.05, 4.69) is 5.32 Å². The van der Waals surface area contributed by atoms with Crippen LogP contribution in [0.25, 0.3) is 0 Å². The maximum atomic E-state index is 13.3. The molecule has 192 valence electrons. The Morgan fingerprint density at radius 1 is 1.09 bits per heavy atom. The topological polar surface area (TPSA) is 86.8 Å². The molecule has 0 fully saturated rings. The number of hydrogen-bond acceptors (Lipinski definition) is 4. The third kappa shape index (κ3) is 8.85. The van der Waals surface area contributed by atoms with Gasteiger partial charge in [0.05, 0.1) is 11.9 Å². The van der Waals surface area contributed by atoms with Crippen molar-refractivity contribution in [3.63, 3.8) is 0 Å². The second kappa shape index (κ2) is 11.9. The standard InChI is InChI=1S/C26H36ClN3O4S/c1-19-14-15-22(27)17-23(19)30(35(6,33)34)16-10-13-24(31)29(18-21-11-8-7-9-12-21)20(2)25(32)28-26(3,4)5/h7-9,11-12,14-15,17,20H,10,13,16,18H2,1-6H3,(H,28,32). The zero-order valence-corrected chi connectivity index (χ0v) is 22.9. The first-order valence-corrected chi connectivity index (χ1v) is 13.8. The number of aryl methyl sites for hydroxylation is 1. The first-order chi connectivity index (χ1) is 16.2. The van der Waals surface area contributed by atoms with Crippen molar-refractivity contribution in [3.8, 4) is 0 Å². The molecule has 0 aliphatic carbocycles. The van der Waals surface area contributed by atoms with Crippen molar-refractivity contribution in [3.05, 3.63) is 64.7 Å². The molecule has 0 aliphatic rings. The number of hydrogen-bond donors (Lipinski definition) is 1. The van der Waals surface area contributed by atoms with Crippen LogP contribution in [0.1, 0.15) is 51.7 Å². The average molecular weight is 522 g/mol. The van der Waals surface area contributed by atoms with E-state index in [1.807, 2.05) is 58.0 Å². The highest BCUT2D eigenvalue weighted by atomic mass is 35.5. The van der Waals surface area contributed by atoms with Gasteiger partial charge in [0.25, 0.3) is 0 Å². The van der Waals surface area contributed by atoms with Crippen LogP contribution < -0.4 is 9.62 Å². The number of anilines is 1. The van der Waals surface area contributed by atoms with Crippen molar-refractivity contribution in [2.75, 3.05) is 17.1 Å². The van der Waals surface area contributed by atoms with E-state index in [-0.39, 0.29) is 37.7 Å². The number of amides is 2. The minimum atomic E-state index is -3.59. The number of benzene rings is 2. The maximum Gasteiger partial charge on any atom is 0.242 e. The van der Waals surface area contributed by atoms with Crippen molar-refractivity contribution in [1.82, 2.24) is 10.2 Å². The van der Waals surface area contributed by atoms with Crippen LogP contribution in [0, 0.1) is 6.92 Å². The summed E-state index contributed by atoms with van der Waals surface area (Å²) >= 11 is 6.10. The highest BCUT2D eigenvalue weighted by Gasteiger charge is 2.28. The molecule has 0 saturated heterocycles. The summed E-state index contributed by atoms with van der Waals surface area (Å²) in [4.78, 5) is 27.7. The van der Waals surface area contributed by atoms with E-state index in [1.165, 1.54) is 4.31 Å². The summed E-state index contributed by atoms with van der Waals surface area (Å²) in [6.45, 7) is 9.58. The molecule has 0 radical (unpaired) electrons. The van der Waals surface area contributed by atoms with Crippen LogP contribution >= 0.6 is 11.6 Å². The van der Waals surface area contributed by atoms with Crippen molar-refractivity contribution in [2.24, 2.45) is 0 Å². The minimum Gasteiger partial charge on any atom is -0.350 e. The second-order valence-corrected chi connectivity index (χ2v) is 12.1. The molecular formula is C26H36ClN3O4S. The van der Waals surface area contributed by atoms with Crippen LogP contribution in [0.3, 0.4) is 0 Å². The molecule has 35 heavy (non-hydrogen) atoms. The van der Waals surface area contributed by atoms with Crippen molar-refractivity contribution >= 4 is 39.1 Å². The van der Waals surface area contributed by atoms with E-state index in [0.29, 0.717) is 10.7 Å². The number of sulfonamides is 1. The number of rotatable bonds is 10. The third-order valence-corrected chi connectivity index (χ3v) is 6.87. The lowest BCUT2D eigenvalue weighted by Crippen LogP contribution is -2.52. The summed E-state index contributed by atoms with van der Waals surface area (Å²) in [7, 11) is -3.59. The Morgan fingerprint density at radius 2 is 1.71 bits per heavy atom. The smallest absolute Gasteiger partial charge is 0.242 e. The molecule has 2 rings (SSSR count). The third-order valence-electron chi connectivity index (χ3n) is 5.45. The molecule has 9 heteroatoms. The largest absolute Gasteiger partial charge is 0.350 e. The quantitative estimate of drug-likeness (QED) is 0.497. The van der Waals surface area contributed by atoms with Gasteiger partial charge in [0.1, 0.15) is 6.04 Å². The normalized spacial score (nSPS) is 12.7. The van der Waals surface area contributed by atoms with E-state index < -0.39 is 21.6 Å². The molecule has 7 nitrogen and oxygen atoms in total. The highest BCUT2D eigenvalue weighted by Crippen LogP contribution is 2.27. The fraction of sp³-hybridized carbons (Fsp3) is 0.462. The molecule has 1 unspecified atom stereocenters. The summed E-state index contributed by atoms with van der Waals surface area (Å²) in [5.74, 6) is -0.462. The van der Waals surface area contributed by atoms with Crippen molar-refractivity contribution in [2.45, 2.75) is 65.6 Å². The van der Waals surface area contributed by atoms with Gasteiger partial charge in [-0.3, -0.25) is 13.9 Å². The van der Waals surface area contributed by atoms with Gasteiger partial charge in [0, 0.05) is 30.1 Å². The first kappa shape index (κ1) is 28.7. The van der Waals surface area contributed by atoms with E-state index in [4.69, 9.17) is 11.6 Å². The molecule has 1 N–H and O–H groups in total. The molecule has 0 heterocycles. The zero-order valence-electron chi connectivity index (χ0n) is 21.3. The molecule has 0 spiro atoms. The Morgan fingerprint density at radius 3 is 2.29 bits per heavy atom. The van der Waals surface area contributed by atoms with Crippen LogP contribution in [-0.2, 0) is 26.2 Å². The first-order valence-electron chi connectivity index (χ1n) is 11.6. The number of halogens is 1. The van der Waals surface area contributed by atoms with E-state index in [1.54, 1.807) is 30.0 Å². The van der Waals surface area contributed by atoms with Gasteiger partial charge < -0.3 is 10.2 Å². The molecule has 0 bridgehead atoms. The molecule has 0 saturated carbocycles. The lowest BCUT2D eigenvalue weighted by atomic mass is 10.1. The van der Waals surface area contributed by atoms with Crippen LogP contribution in [0.2, 0.25) is 5.02 Å². The van der Waals surface area contributed by atoms with Gasteiger partial charge in [0.15, 0.2) is 0 Å². The molecule has 2 aromatic carbocycles. The second-order valence-electron chi connectivity index (χ2n) is 9.79. The monoisotopic (exact) mass is 521 g/mol. The number of carbonyl (C=O) groups excluding carboxylic acids is 2. The Balaban J connectivity index is 2.20. The maximum absolute atomic E-state index is 13.3. The summed E-state index contributed by atoms with van der Waals surface area (Å²) < 4.78 is 26.3. The Kier molecular flexibility index (Phi) is 9.75. The van der Waals surface area contributed by atoms with Gasteiger partial charge >= 0.3 is 0 Å². The van der Waals surface area contributed by atoms with Crippen LogP contribution in [0.5, 0.6) is 0 Å². The van der Waals surface area contributed by atoms with Crippen LogP contribution in [0.4, 0.5) is 5.69 Å². The van der Waals surface area contributed by atoms with E-state index >= 15 is 0 Å². The van der Waals surface area contributed by atoms with Crippen molar-refractivity contribution in [1.29, 1.82) is 0 Å². The van der Waals surface area contributed by atoms with E-state index in [9.17, 15) is 18.0 Å². The van der Waals surface area contributed by atoms with Gasteiger partial charge in [-0.25, -0.2) is 8.42 Å². The van der Waals surface area contributed by atoms with Gasteiger partial charge in [-0.05, 0) is 64.3 Å². The van der Waals surface area contributed by atoms with Gasteiger partial charge in [-0.15, -0.1) is 0 Å². The Bertz CT molecular complexity index is 1130. The molecule has 2 aromatic rings. The predicted octanol–water partition coefficient (Wildman–Crippen LogP) is 4.53. The molecule has 2 amide bonds. The summed E-state index contributed by atoms with van der Waals surface area (Å²) in [6.07, 6.45) is 1.51. The van der Waals surface area contributed by atoms with Crippen LogP contribution in [-0.4, -0.2) is 49.5 Å². The fourth-order valence-corrected chi connectivity index (χ4v) is 4.85. The van der Waals surface area contributed by atoms with E-state index in [0.717, 1.165) is 17.4 Å². The predicted molar refractivity (Wildman–Crippen MR) is 142 cm³/mol. The van der Waals surface area contributed by atoms with Gasteiger partial charge in [0.2, 0.25) is 21.8 Å². The van der Waals surface area contributed by atoms with Gasteiger partial charge in [-0.2, -0.15) is 0 Å². The average Bonchev–Trinajstić information content (AvgIpc) is 2.75. The lowest BCUT2D eigenvalue weighted by molar-refractivity contribution is -0.141. The molecule has 0 aromatic heterocycles. The Labute approximate surface area is 214 Å². The lowest BCUT2D eigenvalue weighted by Gasteiger charge is -2.32. The number of carbonyl (C=O) groups is 2. The van der Waals surface area contributed by atoms with Crippen LogP contribution in [0.15, 0.2) is 48.5 Å². The summed E-state index contributed by atoms with van der Waals surface area (Å²) in [5, 5.41) is 3.37. The van der Waals surface area contributed by atoms with Crippen molar-refractivity contribution < 1.29 is 18.0 Å². The van der Waals surface area contributed by atoms with Gasteiger partial charge in [-0.1, -0.05) is 48.0 Å². The molecule has 1 atom stereocenters. The fourth-order valence-electron chi connectivity index (χ4n) is 3.67. The number of nitrogens with zero attached hydrogens (tertiary/aromatic N) is 2. The Hall–Kier alpha value is -2.58. The molecular weight excluding hydrogens is 486 g/mol. The highest BCUT2D eigenvalue weighted by molar-refractivity contribution is 7.92. The SMILES string of the molecule is Cc1ccc(Cl)cc1N(CCCC(=O)N(Cc1ccccc1)C(C)C(=O)NC(C)(C)C)S(C)(=O)=O. The summed E-state index contributed by atoms with van der Waals surface area (Å²) in [5.41, 5.74) is 1.73. The zero-order chi connectivity index (χ0) is 26.4.